The second kappa shape index (κ2) is 22.7. The van der Waals surface area contributed by atoms with Crippen LogP contribution in [0, 0.1) is 11.3 Å². The highest BCUT2D eigenvalue weighted by Gasteiger charge is 2.13. The van der Waals surface area contributed by atoms with E-state index < -0.39 is 17.6 Å². The molecular formula is C36H53N7O7. The van der Waals surface area contributed by atoms with Crippen LogP contribution in [0.25, 0.3) is 16.8 Å². The lowest BCUT2D eigenvalue weighted by Gasteiger charge is -2.29. The smallest absolute Gasteiger partial charge is 0.405 e. The zero-order chi connectivity index (χ0) is 36.8. The predicted molar refractivity (Wildman–Crippen MR) is 194 cm³/mol. The fourth-order valence-electron chi connectivity index (χ4n) is 4.84. The Labute approximate surface area is 294 Å². The van der Waals surface area contributed by atoms with Gasteiger partial charge < -0.3 is 46.4 Å². The van der Waals surface area contributed by atoms with Crippen molar-refractivity contribution in [2.45, 2.75) is 64.9 Å². The number of nitrogens with one attached hydrogen (secondary N) is 1. The number of hydrogen-bond acceptors (Lipinski definition) is 10. The second-order valence-electron chi connectivity index (χ2n) is 12.5. The number of nitrogens with zero attached hydrogens (tertiary/aromatic N) is 3. The van der Waals surface area contributed by atoms with Crippen LogP contribution in [-0.4, -0.2) is 88.7 Å². The van der Waals surface area contributed by atoms with Crippen molar-refractivity contribution in [3.63, 3.8) is 0 Å². The number of piperidine rings is 1. The standard InChI is InChI=1S/C31H42N6O5.C5H11NO2/c32-23-27(21-24-7-8-26-22-28(10-9-25(26)20-24)37-13-4-1-5-14-37)30(39)35-12-15-40-16-17-41-18-19-42-29(38)6-2-3-11-36-31(33)34;1-5(2,3)8-4(6)7/h7-10,20-22H,1-6,11-19H2,(H,35,39)(H4,33,34,36);1-3H3,(H2,6,7)/b27-21+;. The van der Waals surface area contributed by atoms with E-state index >= 15 is 0 Å². The van der Waals surface area contributed by atoms with Gasteiger partial charge in [-0.2, -0.15) is 5.26 Å². The molecule has 1 aliphatic rings. The van der Waals surface area contributed by atoms with Gasteiger partial charge in [0.15, 0.2) is 5.96 Å². The van der Waals surface area contributed by atoms with Gasteiger partial charge in [-0.25, -0.2) is 4.79 Å². The minimum absolute atomic E-state index is 0.0333. The molecule has 14 nitrogen and oxygen atoms in total. The number of unbranched alkanes of at least 4 members (excludes halogenated alkanes) is 1. The Morgan fingerprint density at radius 3 is 2.22 bits per heavy atom. The molecule has 0 bridgehead atoms. The lowest BCUT2D eigenvalue weighted by Crippen LogP contribution is -2.29. The van der Waals surface area contributed by atoms with Crippen LogP contribution in [-0.2, 0) is 28.5 Å². The zero-order valence-corrected chi connectivity index (χ0v) is 29.6. The third-order valence-electron chi connectivity index (χ3n) is 7.13. The van der Waals surface area contributed by atoms with E-state index in [-0.39, 0.29) is 43.9 Å². The molecule has 1 aliphatic heterocycles. The Morgan fingerprint density at radius 2 is 1.58 bits per heavy atom. The summed E-state index contributed by atoms with van der Waals surface area (Å²) in [5.41, 5.74) is 16.8. The first-order valence-corrected chi connectivity index (χ1v) is 16.9. The highest BCUT2D eigenvalue weighted by atomic mass is 16.6. The van der Waals surface area contributed by atoms with E-state index in [0.29, 0.717) is 39.0 Å². The number of carbonyl (C=O) groups excluding carboxylic acids is 3. The van der Waals surface area contributed by atoms with Gasteiger partial charge in [-0.1, -0.05) is 18.2 Å². The topological polar surface area (TPSA) is 218 Å². The summed E-state index contributed by atoms with van der Waals surface area (Å²) in [7, 11) is 0. The van der Waals surface area contributed by atoms with Crippen LogP contribution in [0.15, 0.2) is 47.0 Å². The Bertz CT molecular complexity index is 1470. The molecule has 2 aromatic carbocycles. The van der Waals surface area contributed by atoms with Gasteiger partial charge in [0, 0.05) is 38.3 Å². The normalized spacial score (nSPS) is 13.0. The van der Waals surface area contributed by atoms with Crippen molar-refractivity contribution in [3.8, 4) is 6.07 Å². The third kappa shape index (κ3) is 18.0. The predicted octanol–water partition coefficient (Wildman–Crippen LogP) is 3.75. The molecule has 1 heterocycles. The van der Waals surface area contributed by atoms with Crippen molar-refractivity contribution in [1.82, 2.24) is 5.32 Å². The van der Waals surface area contributed by atoms with Crippen LogP contribution >= 0.6 is 0 Å². The molecule has 0 aromatic heterocycles. The molecule has 14 heteroatoms. The Morgan fingerprint density at radius 1 is 0.920 bits per heavy atom. The summed E-state index contributed by atoms with van der Waals surface area (Å²) in [6.45, 7) is 9.59. The van der Waals surface area contributed by atoms with Gasteiger partial charge >= 0.3 is 12.1 Å². The number of carbonyl (C=O) groups is 3. The van der Waals surface area contributed by atoms with Crippen molar-refractivity contribution in [3.05, 3.63) is 47.5 Å². The molecule has 0 atom stereocenters. The van der Waals surface area contributed by atoms with Crippen LogP contribution in [0.3, 0.4) is 0 Å². The SMILES string of the molecule is CC(C)(C)OC(N)=O.N#C/C(=C\c1ccc2cc(N3CCCCC3)ccc2c1)C(=O)NCCOCCOCCOC(=O)CCCCN=C(N)N. The molecule has 0 aliphatic carbocycles. The maximum absolute atomic E-state index is 12.5. The maximum atomic E-state index is 12.5. The summed E-state index contributed by atoms with van der Waals surface area (Å²) in [6.07, 6.45) is 6.29. The molecule has 274 valence electrons. The van der Waals surface area contributed by atoms with E-state index in [9.17, 15) is 19.6 Å². The molecule has 1 fully saturated rings. The lowest BCUT2D eigenvalue weighted by atomic mass is 10.0. The number of fused-ring (bicyclic) bond motifs is 1. The minimum atomic E-state index is -0.725. The van der Waals surface area contributed by atoms with E-state index in [0.717, 1.165) is 29.4 Å². The monoisotopic (exact) mass is 695 g/mol. The van der Waals surface area contributed by atoms with Crippen LogP contribution < -0.4 is 27.4 Å². The molecule has 0 radical (unpaired) electrons. The molecule has 2 amide bonds. The number of esters is 1. The van der Waals surface area contributed by atoms with Crippen molar-refractivity contribution >= 4 is 46.5 Å². The van der Waals surface area contributed by atoms with Gasteiger partial charge in [0.1, 0.15) is 23.9 Å². The summed E-state index contributed by atoms with van der Waals surface area (Å²) < 4.78 is 20.5. The number of rotatable bonds is 17. The number of aliphatic imine (C=N–C) groups is 1. The Hall–Kier alpha value is -4.87. The van der Waals surface area contributed by atoms with E-state index in [1.807, 2.05) is 24.3 Å². The van der Waals surface area contributed by atoms with Gasteiger partial charge in [0.2, 0.25) is 0 Å². The zero-order valence-electron chi connectivity index (χ0n) is 29.6. The average Bonchev–Trinajstić information content (AvgIpc) is 3.06. The maximum Gasteiger partial charge on any atom is 0.405 e. The number of nitriles is 1. The van der Waals surface area contributed by atoms with Gasteiger partial charge in [-0.15, -0.1) is 0 Å². The average molecular weight is 696 g/mol. The molecule has 1 saturated heterocycles. The highest BCUT2D eigenvalue weighted by Crippen LogP contribution is 2.26. The van der Waals surface area contributed by atoms with Gasteiger partial charge in [-0.3, -0.25) is 14.6 Å². The van der Waals surface area contributed by atoms with Crippen molar-refractivity contribution in [2.75, 3.05) is 64.1 Å². The van der Waals surface area contributed by atoms with Gasteiger partial charge in [0.05, 0.1) is 26.4 Å². The van der Waals surface area contributed by atoms with Gasteiger partial charge in [-0.05, 0) is 93.5 Å². The summed E-state index contributed by atoms with van der Waals surface area (Å²) >= 11 is 0. The molecule has 50 heavy (non-hydrogen) atoms. The van der Waals surface area contributed by atoms with Crippen molar-refractivity contribution in [2.24, 2.45) is 22.2 Å². The Balaban J connectivity index is 0.000000963. The number of benzene rings is 2. The lowest BCUT2D eigenvalue weighted by molar-refractivity contribution is -0.145. The largest absolute Gasteiger partial charge is 0.463 e. The number of amides is 2. The Kier molecular flexibility index (Phi) is 18.8. The van der Waals surface area contributed by atoms with Crippen LogP contribution in [0.1, 0.15) is 64.9 Å². The van der Waals surface area contributed by atoms with E-state index in [1.165, 1.54) is 24.9 Å². The number of guanidine groups is 1. The fraction of sp³-hybridized carbons (Fsp3) is 0.528. The summed E-state index contributed by atoms with van der Waals surface area (Å²) in [4.78, 5) is 40.4. The molecule has 2 aromatic rings. The van der Waals surface area contributed by atoms with Crippen LogP contribution in [0.2, 0.25) is 0 Å². The number of anilines is 1. The molecule has 0 unspecified atom stereocenters. The molecule has 7 N–H and O–H groups in total. The summed E-state index contributed by atoms with van der Waals surface area (Å²) in [5.74, 6) is -0.692. The third-order valence-corrected chi connectivity index (χ3v) is 7.13. The molecular weight excluding hydrogens is 642 g/mol. The van der Waals surface area contributed by atoms with E-state index in [2.05, 4.69) is 38.1 Å². The highest BCUT2D eigenvalue weighted by molar-refractivity contribution is 6.02. The van der Waals surface area contributed by atoms with E-state index in [4.69, 9.17) is 31.4 Å². The molecule has 0 saturated carbocycles. The van der Waals surface area contributed by atoms with Gasteiger partial charge in [0.25, 0.3) is 5.91 Å². The van der Waals surface area contributed by atoms with Crippen molar-refractivity contribution in [1.29, 1.82) is 5.26 Å². The first kappa shape index (κ1) is 41.3. The second-order valence-corrected chi connectivity index (χ2v) is 12.5. The number of ether oxygens (including phenoxy) is 4. The number of primary amides is 1. The first-order valence-electron chi connectivity index (χ1n) is 16.9. The minimum Gasteiger partial charge on any atom is -0.463 e. The molecule has 3 rings (SSSR count). The first-order chi connectivity index (χ1) is 23.9. The van der Waals surface area contributed by atoms with Crippen LogP contribution in [0.5, 0.6) is 0 Å². The fourth-order valence-corrected chi connectivity index (χ4v) is 4.84. The van der Waals surface area contributed by atoms with Crippen LogP contribution in [0.4, 0.5) is 10.5 Å². The molecule has 0 spiro atoms. The van der Waals surface area contributed by atoms with E-state index in [1.54, 1.807) is 26.8 Å². The van der Waals surface area contributed by atoms with Crippen molar-refractivity contribution < 1.29 is 33.3 Å². The number of nitrogens with two attached hydrogens (primary N) is 3. The summed E-state index contributed by atoms with van der Waals surface area (Å²) in [6, 6.07) is 14.4. The number of hydrogen-bond donors (Lipinski definition) is 4. The summed E-state index contributed by atoms with van der Waals surface area (Å²) in [5, 5.41) is 14.4. The quantitative estimate of drug-likeness (QED) is 0.0466.